The molecule has 1 aliphatic rings. The largest absolute Gasteiger partial charge is 0.397 e. The summed E-state index contributed by atoms with van der Waals surface area (Å²) < 4.78 is 11.0. The van der Waals surface area contributed by atoms with Gasteiger partial charge in [0.05, 0.1) is 11.2 Å². The maximum absolute atomic E-state index is 6.00. The number of nitrogen functional groups attached to an aromatic ring is 1. The Balaban J connectivity index is 2.01. The molecular weight excluding hydrogens is 254 g/mol. The van der Waals surface area contributed by atoms with Gasteiger partial charge in [-0.1, -0.05) is 12.1 Å². The number of para-hydroxylation sites is 1. The van der Waals surface area contributed by atoms with Crippen molar-refractivity contribution in [2.45, 2.75) is 12.2 Å². The van der Waals surface area contributed by atoms with E-state index in [1.807, 2.05) is 18.2 Å². The summed E-state index contributed by atoms with van der Waals surface area (Å²) in [6.45, 7) is 1.62. The van der Waals surface area contributed by atoms with Crippen LogP contribution < -0.4 is 10.6 Å². The smallest absolute Gasteiger partial charge is 0.102 e. The first-order chi connectivity index (χ1) is 9.74. The Morgan fingerprint density at radius 2 is 1.85 bits per heavy atom. The van der Waals surface area contributed by atoms with Crippen molar-refractivity contribution < 1.29 is 9.47 Å². The van der Waals surface area contributed by atoms with Crippen LogP contribution in [0.15, 0.2) is 30.5 Å². The maximum Gasteiger partial charge on any atom is 0.102 e. The molecule has 0 bridgehead atoms. The first kappa shape index (κ1) is 13.1. The second kappa shape index (κ2) is 5.26. The lowest BCUT2D eigenvalue weighted by atomic mass is 10.1. The first-order valence-electron chi connectivity index (χ1n) is 6.68. The molecule has 1 aromatic heterocycles. The predicted octanol–water partition coefficient (Wildman–Crippen LogP) is 1.67. The molecule has 1 aromatic carbocycles. The highest BCUT2D eigenvalue weighted by Gasteiger charge is 2.33. The number of nitrogens with zero attached hydrogens (tertiary/aromatic N) is 2. The van der Waals surface area contributed by atoms with Crippen molar-refractivity contribution in [1.29, 1.82) is 0 Å². The molecule has 2 unspecified atom stereocenters. The molecule has 1 aliphatic heterocycles. The minimum absolute atomic E-state index is 0.0873. The Morgan fingerprint density at radius 3 is 2.50 bits per heavy atom. The summed E-state index contributed by atoms with van der Waals surface area (Å²) in [6.07, 6.45) is 1.98. The molecule has 2 heterocycles. The van der Waals surface area contributed by atoms with Gasteiger partial charge in [0.2, 0.25) is 0 Å². The van der Waals surface area contributed by atoms with Gasteiger partial charge >= 0.3 is 0 Å². The van der Waals surface area contributed by atoms with E-state index in [2.05, 4.69) is 16.0 Å². The van der Waals surface area contributed by atoms with E-state index in [1.165, 1.54) is 0 Å². The maximum atomic E-state index is 6.00. The zero-order valence-corrected chi connectivity index (χ0v) is 11.7. The Bertz CT molecular complexity index is 605. The molecule has 5 nitrogen and oxygen atoms in total. The zero-order valence-electron chi connectivity index (χ0n) is 11.7. The van der Waals surface area contributed by atoms with E-state index < -0.39 is 0 Å². The van der Waals surface area contributed by atoms with Crippen LogP contribution in [0, 0.1) is 0 Å². The molecular formula is C15H19N3O2. The summed E-state index contributed by atoms with van der Waals surface area (Å²) in [5.41, 5.74) is 8.68. The first-order valence-corrected chi connectivity index (χ1v) is 6.68. The Morgan fingerprint density at radius 1 is 1.15 bits per heavy atom. The lowest BCUT2D eigenvalue weighted by molar-refractivity contribution is -0.00461. The molecule has 0 saturated carbocycles. The molecule has 0 aliphatic carbocycles. The van der Waals surface area contributed by atoms with Gasteiger partial charge in [-0.3, -0.25) is 4.98 Å². The number of ether oxygens (including phenoxy) is 2. The summed E-state index contributed by atoms with van der Waals surface area (Å²) in [4.78, 5) is 6.65. The van der Waals surface area contributed by atoms with E-state index >= 15 is 0 Å². The quantitative estimate of drug-likeness (QED) is 0.862. The van der Waals surface area contributed by atoms with E-state index in [0.717, 1.165) is 29.7 Å². The number of aromatic nitrogens is 1. The second-order valence-corrected chi connectivity index (χ2v) is 5.03. The molecule has 106 valence electrons. The minimum Gasteiger partial charge on any atom is -0.397 e. The lowest BCUT2D eigenvalue weighted by Gasteiger charge is -2.20. The summed E-state index contributed by atoms with van der Waals surface area (Å²) in [7, 11) is 3.45. The summed E-state index contributed by atoms with van der Waals surface area (Å²) in [6, 6.07) is 7.90. The van der Waals surface area contributed by atoms with Crippen molar-refractivity contribution in [1.82, 2.24) is 4.98 Å². The van der Waals surface area contributed by atoms with Crippen LogP contribution in [0.2, 0.25) is 0 Å². The molecule has 0 amide bonds. The number of hydrogen-bond acceptors (Lipinski definition) is 5. The SMILES string of the molecule is COC1CN(c2ccnc3c(N)cccc23)CC1OC. The van der Waals surface area contributed by atoms with Gasteiger partial charge in [0.15, 0.2) is 0 Å². The third-order valence-corrected chi connectivity index (χ3v) is 3.94. The average Bonchev–Trinajstić information content (AvgIpc) is 2.90. The lowest BCUT2D eigenvalue weighted by Crippen LogP contribution is -2.27. The summed E-state index contributed by atoms with van der Waals surface area (Å²) in [5, 5.41) is 1.07. The van der Waals surface area contributed by atoms with Crippen LogP contribution in [0.1, 0.15) is 0 Å². The molecule has 3 rings (SSSR count). The number of hydrogen-bond donors (Lipinski definition) is 1. The monoisotopic (exact) mass is 273 g/mol. The molecule has 2 N–H and O–H groups in total. The zero-order chi connectivity index (χ0) is 14.1. The fourth-order valence-electron chi connectivity index (χ4n) is 2.85. The number of rotatable bonds is 3. The number of pyridine rings is 1. The fourth-order valence-corrected chi connectivity index (χ4v) is 2.85. The number of fused-ring (bicyclic) bond motifs is 1. The number of benzene rings is 1. The third-order valence-electron chi connectivity index (χ3n) is 3.94. The topological polar surface area (TPSA) is 60.6 Å². The fraction of sp³-hybridized carbons (Fsp3) is 0.400. The Kier molecular flexibility index (Phi) is 3.46. The highest BCUT2D eigenvalue weighted by molar-refractivity contribution is 5.98. The standard InChI is InChI=1S/C15H19N3O2/c1-19-13-8-18(9-14(13)20-2)12-6-7-17-15-10(12)4-3-5-11(15)16/h3-7,13-14H,8-9,16H2,1-2H3. The molecule has 20 heavy (non-hydrogen) atoms. The normalized spacial score (nSPS) is 22.6. The minimum atomic E-state index is 0.0873. The van der Waals surface area contributed by atoms with Crippen LogP contribution in [-0.2, 0) is 9.47 Å². The van der Waals surface area contributed by atoms with Gasteiger partial charge in [0.1, 0.15) is 12.2 Å². The van der Waals surface area contributed by atoms with Crippen LogP contribution >= 0.6 is 0 Å². The van der Waals surface area contributed by atoms with Gasteiger partial charge in [-0.15, -0.1) is 0 Å². The molecule has 0 spiro atoms. The van der Waals surface area contributed by atoms with Crippen LogP contribution in [0.4, 0.5) is 11.4 Å². The molecule has 1 saturated heterocycles. The molecule has 1 fully saturated rings. The van der Waals surface area contributed by atoms with Crippen molar-refractivity contribution in [3.8, 4) is 0 Å². The third kappa shape index (κ3) is 2.09. The van der Waals surface area contributed by atoms with Crippen molar-refractivity contribution in [2.75, 3.05) is 37.9 Å². The highest BCUT2D eigenvalue weighted by Crippen LogP contribution is 2.31. The van der Waals surface area contributed by atoms with Crippen molar-refractivity contribution >= 4 is 22.3 Å². The van der Waals surface area contributed by atoms with E-state index in [9.17, 15) is 0 Å². The van der Waals surface area contributed by atoms with E-state index in [0.29, 0.717) is 5.69 Å². The van der Waals surface area contributed by atoms with Gasteiger partial charge in [-0.2, -0.15) is 0 Å². The average molecular weight is 273 g/mol. The highest BCUT2D eigenvalue weighted by atomic mass is 16.5. The van der Waals surface area contributed by atoms with Crippen LogP contribution in [0.3, 0.4) is 0 Å². The molecule has 2 aromatic rings. The van der Waals surface area contributed by atoms with Crippen molar-refractivity contribution in [3.63, 3.8) is 0 Å². The van der Waals surface area contributed by atoms with Gasteiger partial charge in [-0.05, 0) is 12.1 Å². The molecule has 2 atom stereocenters. The van der Waals surface area contributed by atoms with Gasteiger partial charge < -0.3 is 20.1 Å². The second-order valence-electron chi connectivity index (χ2n) is 5.03. The van der Waals surface area contributed by atoms with E-state index in [4.69, 9.17) is 15.2 Å². The predicted molar refractivity (Wildman–Crippen MR) is 80.0 cm³/mol. The number of methoxy groups -OCH3 is 2. The van der Waals surface area contributed by atoms with Crippen molar-refractivity contribution in [3.05, 3.63) is 30.5 Å². The van der Waals surface area contributed by atoms with E-state index in [1.54, 1.807) is 20.4 Å². The Labute approximate surface area is 118 Å². The van der Waals surface area contributed by atoms with Gasteiger partial charge in [0, 0.05) is 44.6 Å². The number of nitrogens with two attached hydrogens (primary N) is 1. The van der Waals surface area contributed by atoms with Gasteiger partial charge in [-0.25, -0.2) is 0 Å². The molecule has 0 radical (unpaired) electrons. The van der Waals surface area contributed by atoms with Gasteiger partial charge in [0.25, 0.3) is 0 Å². The molecule has 5 heteroatoms. The van der Waals surface area contributed by atoms with Crippen LogP contribution in [0.5, 0.6) is 0 Å². The number of anilines is 2. The summed E-state index contributed by atoms with van der Waals surface area (Å²) >= 11 is 0. The van der Waals surface area contributed by atoms with Crippen molar-refractivity contribution in [2.24, 2.45) is 0 Å². The Hall–Kier alpha value is -1.85. The van der Waals surface area contributed by atoms with E-state index in [-0.39, 0.29) is 12.2 Å². The van der Waals surface area contributed by atoms with Crippen LogP contribution in [0.25, 0.3) is 10.9 Å². The van der Waals surface area contributed by atoms with Crippen LogP contribution in [-0.4, -0.2) is 44.5 Å². The summed E-state index contributed by atoms with van der Waals surface area (Å²) in [5.74, 6) is 0.